The summed E-state index contributed by atoms with van der Waals surface area (Å²) < 4.78 is 6.64. The van der Waals surface area contributed by atoms with Gasteiger partial charge >= 0.3 is 0 Å². The summed E-state index contributed by atoms with van der Waals surface area (Å²) in [5, 5.41) is 6.77. The van der Waals surface area contributed by atoms with Gasteiger partial charge in [0.05, 0.1) is 5.56 Å². The van der Waals surface area contributed by atoms with Gasteiger partial charge in [-0.1, -0.05) is 53.2 Å². The Labute approximate surface area is 183 Å². The van der Waals surface area contributed by atoms with Gasteiger partial charge in [-0.2, -0.15) is 0 Å². The van der Waals surface area contributed by atoms with Crippen molar-refractivity contribution in [2.24, 2.45) is 0 Å². The molecule has 6 nitrogen and oxygen atoms in total. The summed E-state index contributed by atoms with van der Waals surface area (Å²) in [6, 6.07) is 19.1. The van der Waals surface area contributed by atoms with Crippen LogP contribution in [0, 0.1) is 0 Å². The van der Waals surface area contributed by atoms with Gasteiger partial charge in [-0.3, -0.25) is 15.0 Å². The van der Waals surface area contributed by atoms with Gasteiger partial charge in [0.15, 0.2) is 6.10 Å². The minimum atomic E-state index is -0.777. The van der Waals surface area contributed by atoms with E-state index in [2.05, 4.69) is 26.7 Å². The van der Waals surface area contributed by atoms with Crippen molar-refractivity contribution in [3.63, 3.8) is 0 Å². The highest BCUT2D eigenvalue weighted by Crippen LogP contribution is 2.28. The first-order valence-corrected chi connectivity index (χ1v) is 10.6. The van der Waals surface area contributed by atoms with Crippen molar-refractivity contribution in [2.75, 3.05) is 5.32 Å². The van der Waals surface area contributed by atoms with Crippen molar-refractivity contribution in [1.82, 2.24) is 10.4 Å². The Kier molecular flexibility index (Phi) is 5.63. The summed E-state index contributed by atoms with van der Waals surface area (Å²) in [4.78, 5) is 25.8. The maximum Gasteiger partial charge on any atom is 0.279 e. The second kappa shape index (κ2) is 8.36. The van der Waals surface area contributed by atoms with Crippen LogP contribution in [0.4, 0.5) is 5.69 Å². The van der Waals surface area contributed by atoms with E-state index < -0.39 is 12.0 Å². The number of benzene rings is 3. The van der Waals surface area contributed by atoms with E-state index in [4.69, 9.17) is 4.74 Å². The van der Waals surface area contributed by atoms with Crippen molar-refractivity contribution in [2.45, 2.75) is 32.5 Å². The number of nitrogens with zero attached hydrogens (tertiary/aromatic N) is 1. The number of hydrogen-bond donors (Lipinski definition) is 2. The molecule has 0 bridgehead atoms. The van der Waals surface area contributed by atoms with E-state index in [1.54, 1.807) is 13.0 Å². The molecule has 30 heavy (non-hydrogen) atoms. The van der Waals surface area contributed by atoms with Gasteiger partial charge in [-0.15, -0.1) is 0 Å². The average Bonchev–Trinajstić information content (AvgIpc) is 2.75. The van der Waals surface area contributed by atoms with Crippen LogP contribution in [0.1, 0.15) is 30.6 Å². The molecule has 2 N–H and O–H groups in total. The molecule has 4 rings (SSSR count). The number of anilines is 1. The normalized spacial score (nSPS) is 16.6. The Hall–Kier alpha value is -3.06. The molecule has 0 fully saturated rings. The molecule has 0 aliphatic carbocycles. The number of amides is 2. The number of carbonyl (C=O) groups excluding carboxylic acids is 2. The third-order valence-corrected chi connectivity index (χ3v) is 5.58. The first kappa shape index (κ1) is 20.2. The molecule has 1 heterocycles. The summed E-state index contributed by atoms with van der Waals surface area (Å²) in [5.74, 6) is -0.0564. The number of ether oxygens (including phenoxy) is 1. The Balaban J connectivity index is 1.49. The molecule has 7 heteroatoms. The van der Waals surface area contributed by atoms with Crippen LogP contribution in [0.25, 0.3) is 10.8 Å². The van der Waals surface area contributed by atoms with Crippen LogP contribution in [-0.2, 0) is 4.79 Å². The van der Waals surface area contributed by atoms with Gasteiger partial charge in [0.1, 0.15) is 11.9 Å². The maximum absolute atomic E-state index is 13.0. The van der Waals surface area contributed by atoms with E-state index in [-0.39, 0.29) is 12.1 Å². The number of hydrazine groups is 1. The lowest BCUT2D eigenvalue weighted by atomic mass is 10.1. The number of nitrogens with one attached hydrogen (secondary N) is 2. The zero-order valence-electron chi connectivity index (χ0n) is 16.7. The molecule has 3 aromatic rings. The zero-order chi connectivity index (χ0) is 21.3. The van der Waals surface area contributed by atoms with Crippen molar-refractivity contribution in [1.29, 1.82) is 0 Å². The second-order valence-corrected chi connectivity index (χ2v) is 8.09. The van der Waals surface area contributed by atoms with Gasteiger partial charge in [0.25, 0.3) is 11.8 Å². The number of fused-ring (bicyclic) bond motifs is 2. The first-order valence-electron chi connectivity index (χ1n) is 9.82. The Morgan fingerprint density at radius 3 is 2.70 bits per heavy atom. The third kappa shape index (κ3) is 3.98. The number of halogens is 1. The van der Waals surface area contributed by atoms with E-state index in [1.165, 1.54) is 5.01 Å². The fraction of sp³-hybridized carbons (Fsp3) is 0.217. The predicted molar refractivity (Wildman–Crippen MR) is 120 cm³/mol. The maximum atomic E-state index is 13.0. The minimum absolute atomic E-state index is 0.261. The molecular weight excluding hydrogens is 446 g/mol. The first-order chi connectivity index (χ1) is 14.5. The molecule has 1 aliphatic rings. The monoisotopic (exact) mass is 467 g/mol. The second-order valence-electron chi connectivity index (χ2n) is 7.18. The molecule has 3 aromatic carbocycles. The highest BCUT2D eigenvalue weighted by Gasteiger charge is 2.33. The topological polar surface area (TPSA) is 70.7 Å². The quantitative estimate of drug-likeness (QED) is 0.570. The lowest BCUT2D eigenvalue weighted by Gasteiger charge is -2.37. The molecule has 154 valence electrons. The van der Waals surface area contributed by atoms with Gasteiger partial charge < -0.3 is 10.1 Å². The largest absolute Gasteiger partial charge is 0.481 e. The Bertz CT molecular complexity index is 1120. The third-order valence-electron chi connectivity index (χ3n) is 5.08. The van der Waals surface area contributed by atoms with Crippen molar-refractivity contribution in [3.8, 4) is 5.75 Å². The van der Waals surface area contributed by atoms with E-state index in [9.17, 15) is 9.59 Å². The molecule has 0 spiro atoms. The molecule has 2 unspecified atom stereocenters. The summed E-state index contributed by atoms with van der Waals surface area (Å²) in [5.41, 5.74) is 3.98. The average molecular weight is 468 g/mol. The molecule has 0 radical (unpaired) electrons. The summed E-state index contributed by atoms with van der Waals surface area (Å²) in [7, 11) is 0. The van der Waals surface area contributed by atoms with Gasteiger partial charge in [-0.25, -0.2) is 5.01 Å². The fourth-order valence-electron chi connectivity index (χ4n) is 3.46. The molecular formula is C23H22BrN3O3. The van der Waals surface area contributed by atoms with Crippen molar-refractivity contribution < 1.29 is 14.3 Å². The van der Waals surface area contributed by atoms with Gasteiger partial charge in [-0.05, 0) is 54.4 Å². The van der Waals surface area contributed by atoms with E-state index in [0.717, 1.165) is 20.9 Å². The summed E-state index contributed by atoms with van der Waals surface area (Å²) in [6.07, 6.45) is -0.495. The van der Waals surface area contributed by atoms with E-state index in [1.807, 2.05) is 61.5 Å². The number of hydrogen-bond acceptors (Lipinski definition) is 4. The van der Waals surface area contributed by atoms with Crippen LogP contribution in [0.15, 0.2) is 65.1 Å². The number of rotatable bonds is 5. The fourth-order valence-corrected chi connectivity index (χ4v) is 3.82. The van der Waals surface area contributed by atoms with Crippen LogP contribution in [-0.4, -0.2) is 29.1 Å². The molecule has 2 atom stereocenters. The van der Waals surface area contributed by atoms with E-state index >= 15 is 0 Å². The standard InChI is InChI=1S/C23H22BrN3O3/c1-3-21-25-20-11-9-17(24)13-19(20)23(29)27(21)26-22(28)14(2)30-18-10-8-15-6-4-5-7-16(15)12-18/h4-14,21,25H,3H2,1-2H3,(H,26,28). The lowest BCUT2D eigenvalue weighted by molar-refractivity contribution is -0.132. The van der Waals surface area contributed by atoms with Gasteiger partial charge in [0.2, 0.25) is 0 Å². The smallest absolute Gasteiger partial charge is 0.279 e. The summed E-state index contributed by atoms with van der Waals surface area (Å²) >= 11 is 3.39. The molecule has 2 amide bonds. The molecule has 0 aromatic heterocycles. The van der Waals surface area contributed by atoms with Crippen LogP contribution >= 0.6 is 15.9 Å². The Morgan fingerprint density at radius 1 is 1.17 bits per heavy atom. The molecule has 1 aliphatic heterocycles. The van der Waals surface area contributed by atoms with Crippen LogP contribution in [0.3, 0.4) is 0 Å². The minimum Gasteiger partial charge on any atom is -0.481 e. The SMILES string of the molecule is CCC1Nc2ccc(Br)cc2C(=O)N1NC(=O)C(C)Oc1ccc2ccccc2c1. The Morgan fingerprint density at radius 2 is 1.93 bits per heavy atom. The van der Waals surface area contributed by atoms with Gasteiger partial charge in [0, 0.05) is 10.2 Å². The predicted octanol–water partition coefficient (Wildman–Crippen LogP) is 4.70. The number of carbonyl (C=O) groups is 2. The summed E-state index contributed by atoms with van der Waals surface area (Å²) in [6.45, 7) is 3.61. The van der Waals surface area contributed by atoms with Crippen molar-refractivity contribution >= 4 is 44.2 Å². The lowest BCUT2D eigenvalue weighted by Crippen LogP contribution is -2.59. The van der Waals surface area contributed by atoms with Crippen LogP contribution in [0.2, 0.25) is 0 Å². The van der Waals surface area contributed by atoms with Crippen molar-refractivity contribution in [3.05, 3.63) is 70.7 Å². The molecule has 0 saturated heterocycles. The molecule has 0 saturated carbocycles. The van der Waals surface area contributed by atoms with Crippen LogP contribution < -0.4 is 15.5 Å². The van der Waals surface area contributed by atoms with Crippen LogP contribution in [0.5, 0.6) is 5.75 Å². The highest BCUT2D eigenvalue weighted by molar-refractivity contribution is 9.10. The van der Waals surface area contributed by atoms with E-state index in [0.29, 0.717) is 17.7 Å². The zero-order valence-corrected chi connectivity index (χ0v) is 18.3. The highest BCUT2D eigenvalue weighted by atomic mass is 79.9.